The molecule has 0 spiro atoms. The van der Waals surface area contributed by atoms with Crippen molar-refractivity contribution >= 4 is 28.8 Å². The summed E-state index contributed by atoms with van der Waals surface area (Å²) in [5.74, 6) is 0.372. The van der Waals surface area contributed by atoms with Gasteiger partial charge in [-0.25, -0.2) is 4.68 Å². The molecule has 2 heterocycles. The molecular formula is C22H21N7O2. The SMILES string of the molecule is CC(=O)C1CC(C(=O)Nc2ccc(-c3nnnn3C3CC3)cc2)=NN1c1ccccc1. The van der Waals surface area contributed by atoms with Gasteiger partial charge in [0.2, 0.25) is 0 Å². The number of hydrazone groups is 1. The number of amides is 1. The number of tetrazole rings is 1. The van der Waals surface area contributed by atoms with E-state index in [1.54, 1.807) is 5.01 Å². The van der Waals surface area contributed by atoms with Gasteiger partial charge < -0.3 is 5.32 Å². The quantitative estimate of drug-likeness (QED) is 0.664. The molecule has 9 nitrogen and oxygen atoms in total. The summed E-state index contributed by atoms with van der Waals surface area (Å²) in [6.07, 6.45) is 2.45. The van der Waals surface area contributed by atoms with Crippen LogP contribution in [0.15, 0.2) is 59.7 Å². The van der Waals surface area contributed by atoms with E-state index >= 15 is 0 Å². The lowest BCUT2D eigenvalue weighted by Crippen LogP contribution is -2.33. The fourth-order valence-electron chi connectivity index (χ4n) is 3.64. The fraction of sp³-hybridized carbons (Fsp3) is 0.273. The Balaban J connectivity index is 1.31. The Labute approximate surface area is 178 Å². The molecule has 5 rings (SSSR count). The van der Waals surface area contributed by atoms with Crippen molar-refractivity contribution in [2.45, 2.75) is 38.3 Å². The molecule has 0 radical (unpaired) electrons. The zero-order valence-electron chi connectivity index (χ0n) is 17.0. The maximum atomic E-state index is 12.8. The number of ketones is 1. The van der Waals surface area contributed by atoms with Gasteiger partial charge in [0.15, 0.2) is 11.6 Å². The Morgan fingerprint density at radius 2 is 1.77 bits per heavy atom. The maximum Gasteiger partial charge on any atom is 0.271 e. The summed E-state index contributed by atoms with van der Waals surface area (Å²) in [6, 6.07) is 16.7. The molecule has 2 aliphatic rings. The molecule has 1 N–H and O–H groups in total. The van der Waals surface area contributed by atoms with Crippen molar-refractivity contribution in [1.82, 2.24) is 20.2 Å². The van der Waals surface area contributed by atoms with E-state index in [4.69, 9.17) is 0 Å². The lowest BCUT2D eigenvalue weighted by Gasteiger charge is -2.20. The summed E-state index contributed by atoms with van der Waals surface area (Å²) in [4.78, 5) is 24.9. The molecule has 31 heavy (non-hydrogen) atoms. The molecule has 1 saturated carbocycles. The second-order valence-corrected chi connectivity index (χ2v) is 7.77. The number of benzene rings is 2. The van der Waals surface area contributed by atoms with Crippen molar-refractivity contribution in [3.8, 4) is 11.4 Å². The fourth-order valence-corrected chi connectivity index (χ4v) is 3.64. The van der Waals surface area contributed by atoms with Crippen LogP contribution in [-0.4, -0.2) is 43.7 Å². The number of nitrogens with zero attached hydrogens (tertiary/aromatic N) is 6. The molecule has 2 aromatic carbocycles. The minimum Gasteiger partial charge on any atom is -0.321 e. The van der Waals surface area contributed by atoms with E-state index in [0.717, 1.165) is 29.9 Å². The van der Waals surface area contributed by atoms with Gasteiger partial charge in [-0.15, -0.1) is 5.10 Å². The number of carbonyl (C=O) groups excluding carboxylic acids is 2. The maximum absolute atomic E-state index is 12.8. The zero-order chi connectivity index (χ0) is 21.4. The highest BCUT2D eigenvalue weighted by atomic mass is 16.2. The average Bonchev–Trinajstić information content (AvgIpc) is 3.33. The van der Waals surface area contributed by atoms with Crippen LogP contribution in [0.3, 0.4) is 0 Å². The van der Waals surface area contributed by atoms with Crippen LogP contribution in [0.2, 0.25) is 0 Å². The van der Waals surface area contributed by atoms with Crippen molar-refractivity contribution in [2.75, 3.05) is 10.3 Å². The number of nitrogens with one attached hydrogen (secondary N) is 1. The predicted molar refractivity (Wildman–Crippen MR) is 116 cm³/mol. The highest BCUT2D eigenvalue weighted by Crippen LogP contribution is 2.36. The van der Waals surface area contributed by atoms with Gasteiger partial charge in [0.1, 0.15) is 11.8 Å². The standard InChI is InChI=1S/C22H21N7O2/c1-14(30)20-13-19(25-28(20)17-5-3-2-4-6-17)22(31)23-16-9-7-15(8-10-16)21-24-26-27-29(21)18-11-12-18/h2-10,18,20H,11-13H2,1H3,(H,23,31). The minimum atomic E-state index is -0.480. The summed E-state index contributed by atoms with van der Waals surface area (Å²) < 4.78 is 1.85. The summed E-state index contributed by atoms with van der Waals surface area (Å²) in [5, 5.41) is 20.9. The molecule has 156 valence electrons. The van der Waals surface area contributed by atoms with Gasteiger partial charge in [0.25, 0.3) is 5.91 Å². The number of aromatic nitrogens is 4. The summed E-state index contributed by atoms with van der Waals surface area (Å²) in [6.45, 7) is 1.52. The molecule has 1 fully saturated rings. The van der Waals surface area contributed by atoms with Gasteiger partial charge in [0, 0.05) is 17.7 Å². The first kappa shape index (κ1) is 19.1. The van der Waals surface area contributed by atoms with Crippen LogP contribution in [0, 0.1) is 0 Å². The van der Waals surface area contributed by atoms with Crippen LogP contribution in [0.5, 0.6) is 0 Å². The van der Waals surface area contributed by atoms with Crippen LogP contribution < -0.4 is 10.3 Å². The number of Topliss-reactive ketones (excluding diaryl/α,β-unsaturated/α-hetero) is 1. The van der Waals surface area contributed by atoms with E-state index in [2.05, 4.69) is 25.9 Å². The van der Waals surface area contributed by atoms with E-state index < -0.39 is 6.04 Å². The van der Waals surface area contributed by atoms with E-state index in [1.807, 2.05) is 59.3 Å². The van der Waals surface area contributed by atoms with Gasteiger partial charge in [-0.3, -0.25) is 14.6 Å². The molecule has 9 heteroatoms. The monoisotopic (exact) mass is 415 g/mol. The molecule has 1 unspecified atom stereocenters. The normalized spacial score (nSPS) is 18.0. The third kappa shape index (κ3) is 3.81. The number of anilines is 2. The molecule has 1 aromatic heterocycles. The molecule has 1 amide bonds. The van der Waals surface area contributed by atoms with Crippen LogP contribution >= 0.6 is 0 Å². The van der Waals surface area contributed by atoms with Gasteiger partial charge in [-0.2, -0.15) is 5.10 Å². The minimum absolute atomic E-state index is 0.0341. The molecule has 1 atom stereocenters. The number of rotatable bonds is 6. The molecule has 1 aliphatic carbocycles. The molecule has 0 saturated heterocycles. The number of para-hydroxylation sites is 1. The molecule has 1 aliphatic heterocycles. The summed E-state index contributed by atoms with van der Waals surface area (Å²) >= 11 is 0. The zero-order valence-corrected chi connectivity index (χ0v) is 17.0. The van der Waals surface area contributed by atoms with E-state index in [1.165, 1.54) is 6.92 Å². The third-order valence-corrected chi connectivity index (χ3v) is 5.45. The molecular weight excluding hydrogens is 394 g/mol. The third-order valence-electron chi connectivity index (χ3n) is 5.45. The second-order valence-electron chi connectivity index (χ2n) is 7.77. The Kier molecular flexibility index (Phi) is 4.78. The molecule has 0 bridgehead atoms. The lowest BCUT2D eigenvalue weighted by atomic mass is 10.1. The van der Waals surface area contributed by atoms with Crippen LogP contribution in [0.1, 0.15) is 32.2 Å². The Morgan fingerprint density at radius 1 is 1.03 bits per heavy atom. The van der Waals surface area contributed by atoms with Crippen molar-refractivity contribution in [2.24, 2.45) is 5.10 Å². The lowest BCUT2D eigenvalue weighted by molar-refractivity contribution is -0.118. The van der Waals surface area contributed by atoms with Crippen molar-refractivity contribution in [3.05, 3.63) is 54.6 Å². The van der Waals surface area contributed by atoms with Crippen LogP contribution in [0.4, 0.5) is 11.4 Å². The summed E-state index contributed by atoms with van der Waals surface area (Å²) in [5.41, 5.74) is 2.63. The highest BCUT2D eigenvalue weighted by Gasteiger charge is 2.34. The summed E-state index contributed by atoms with van der Waals surface area (Å²) in [7, 11) is 0. The van der Waals surface area contributed by atoms with E-state index in [-0.39, 0.29) is 18.1 Å². The number of hydrogen-bond acceptors (Lipinski definition) is 7. The first-order chi connectivity index (χ1) is 15.1. The van der Waals surface area contributed by atoms with Crippen molar-refractivity contribution in [1.29, 1.82) is 0 Å². The van der Waals surface area contributed by atoms with E-state index in [9.17, 15) is 9.59 Å². The van der Waals surface area contributed by atoms with Crippen molar-refractivity contribution < 1.29 is 9.59 Å². The van der Waals surface area contributed by atoms with Gasteiger partial charge in [-0.05, 0) is 66.6 Å². The van der Waals surface area contributed by atoms with E-state index in [0.29, 0.717) is 17.4 Å². The average molecular weight is 415 g/mol. The molecule has 3 aromatic rings. The highest BCUT2D eigenvalue weighted by molar-refractivity contribution is 6.44. The first-order valence-corrected chi connectivity index (χ1v) is 10.2. The van der Waals surface area contributed by atoms with Gasteiger partial charge in [0.05, 0.1) is 11.7 Å². The second kappa shape index (κ2) is 7.75. The number of hydrogen-bond donors (Lipinski definition) is 1. The van der Waals surface area contributed by atoms with Gasteiger partial charge >= 0.3 is 0 Å². The Hall–Kier alpha value is -3.88. The van der Waals surface area contributed by atoms with Crippen LogP contribution in [0.25, 0.3) is 11.4 Å². The largest absolute Gasteiger partial charge is 0.321 e. The number of carbonyl (C=O) groups is 2. The van der Waals surface area contributed by atoms with Crippen LogP contribution in [-0.2, 0) is 9.59 Å². The Morgan fingerprint density at radius 3 is 2.45 bits per heavy atom. The smallest absolute Gasteiger partial charge is 0.271 e. The predicted octanol–water partition coefficient (Wildman–Crippen LogP) is 2.84. The first-order valence-electron chi connectivity index (χ1n) is 10.2. The van der Waals surface area contributed by atoms with Gasteiger partial charge in [-0.1, -0.05) is 18.2 Å². The topological polar surface area (TPSA) is 105 Å². The van der Waals surface area contributed by atoms with Crippen molar-refractivity contribution in [3.63, 3.8) is 0 Å². The Bertz CT molecular complexity index is 1150.